The predicted octanol–water partition coefficient (Wildman–Crippen LogP) is 5.13. The van der Waals surface area contributed by atoms with E-state index in [1.807, 2.05) is 27.7 Å². The Balaban J connectivity index is 0.000000555. The van der Waals surface area contributed by atoms with E-state index in [4.69, 9.17) is 5.14 Å². The van der Waals surface area contributed by atoms with Crippen LogP contribution in [0.5, 0.6) is 0 Å². The number of hydrogen-bond acceptors (Lipinski definition) is 6. The zero-order valence-corrected chi connectivity index (χ0v) is 24.9. The summed E-state index contributed by atoms with van der Waals surface area (Å²) in [6, 6.07) is 10.7. The number of nitrogens with zero attached hydrogens (tertiary/aromatic N) is 2. The monoisotopic (exact) mass is 660 g/mol. The summed E-state index contributed by atoms with van der Waals surface area (Å²) in [6.07, 6.45) is 9.68. The first-order valence-electron chi connectivity index (χ1n) is 11.9. The number of hydrogen-bond donors (Lipinski definition) is 2. The smallest absolute Gasteiger partial charge is 0.415 e. The Kier molecular flexibility index (Phi) is 16.5. The van der Waals surface area contributed by atoms with E-state index < -0.39 is 10.3 Å². The van der Waals surface area contributed by atoms with Crippen LogP contribution in [0.3, 0.4) is 0 Å². The third kappa shape index (κ3) is 10.9. The summed E-state index contributed by atoms with van der Waals surface area (Å²) in [5.74, 6) is 2.14. The van der Waals surface area contributed by atoms with Gasteiger partial charge >= 0.3 is 31.4 Å². The Morgan fingerprint density at radius 1 is 1.21 bits per heavy atom. The van der Waals surface area contributed by atoms with Crippen LogP contribution in [-0.2, 0) is 42.0 Å². The van der Waals surface area contributed by atoms with Crippen molar-refractivity contribution >= 4 is 16.1 Å². The standard InChI is InChI=1S/C13H12N3.C8H16NO3S.2C2H6.W/c1-2-4-11-10(3-1)5-6-12(11)16-13-7-8-14-9-15-13;1-6-3-4-8(7(6)2)5-12-13(9,10)11;2*1-2;/h1-4,7,9,12H,5-6H2,(H,14,15,16);3,6-8H,4-5H2,1-2H3,(H2,9,10,11);2*1-2H3;/q2*-1;;;+2. The quantitative estimate of drug-likeness (QED) is 0.431. The van der Waals surface area contributed by atoms with Crippen LogP contribution in [0.25, 0.3) is 0 Å². The number of anilines is 1. The minimum Gasteiger partial charge on any atom is -0.415 e. The molecule has 1 aromatic heterocycles. The maximum absolute atomic E-state index is 10.5. The molecule has 34 heavy (non-hydrogen) atoms. The fraction of sp³-hybridized carbons (Fsp3) is 0.560. The van der Waals surface area contributed by atoms with Crippen LogP contribution in [0.15, 0.2) is 36.7 Å². The number of benzene rings is 1. The van der Waals surface area contributed by atoms with Gasteiger partial charge in [0.25, 0.3) is 0 Å². The molecule has 4 rings (SSSR count). The normalized spacial score (nSPS) is 22.3. The molecule has 0 radical (unpaired) electrons. The van der Waals surface area contributed by atoms with E-state index in [1.54, 1.807) is 6.07 Å². The fourth-order valence-corrected chi connectivity index (χ4v) is 4.24. The van der Waals surface area contributed by atoms with Crippen molar-refractivity contribution in [2.75, 3.05) is 11.9 Å². The molecular formula is C25H40N4O3SW. The van der Waals surface area contributed by atoms with E-state index in [0.29, 0.717) is 17.9 Å². The fourth-order valence-electron chi connectivity index (χ4n) is 3.87. The molecule has 1 saturated carbocycles. The summed E-state index contributed by atoms with van der Waals surface area (Å²) < 4.78 is 25.6. The van der Waals surface area contributed by atoms with Gasteiger partial charge < -0.3 is 21.7 Å². The predicted molar refractivity (Wildman–Crippen MR) is 134 cm³/mol. The minimum absolute atomic E-state index is 0. The summed E-state index contributed by atoms with van der Waals surface area (Å²) in [4.78, 5) is 7.95. The Morgan fingerprint density at radius 3 is 2.44 bits per heavy atom. The van der Waals surface area contributed by atoms with Gasteiger partial charge in [-0.25, -0.2) is 5.14 Å². The van der Waals surface area contributed by atoms with E-state index in [2.05, 4.69) is 70.2 Å². The van der Waals surface area contributed by atoms with Gasteiger partial charge in [-0.2, -0.15) is 20.8 Å². The van der Waals surface area contributed by atoms with Crippen LogP contribution >= 0.6 is 0 Å². The molecule has 0 saturated heterocycles. The van der Waals surface area contributed by atoms with Crippen LogP contribution in [0.4, 0.5) is 5.82 Å². The van der Waals surface area contributed by atoms with Crippen LogP contribution in [0, 0.1) is 30.4 Å². The van der Waals surface area contributed by atoms with Crippen LogP contribution < -0.4 is 10.5 Å². The largest absolute Gasteiger partial charge is 2.00 e. The molecule has 1 heterocycles. The van der Waals surface area contributed by atoms with Gasteiger partial charge in [0, 0.05) is 18.2 Å². The van der Waals surface area contributed by atoms with Gasteiger partial charge in [0.2, 0.25) is 0 Å². The first kappa shape index (κ1) is 32.7. The van der Waals surface area contributed by atoms with Crippen molar-refractivity contribution < 1.29 is 33.7 Å². The van der Waals surface area contributed by atoms with E-state index >= 15 is 0 Å². The first-order chi connectivity index (χ1) is 15.8. The van der Waals surface area contributed by atoms with Gasteiger partial charge in [0.05, 0.1) is 6.61 Å². The van der Waals surface area contributed by atoms with E-state index in [-0.39, 0.29) is 33.6 Å². The average molecular weight is 661 g/mol. The second-order valence-electron chi connectivity index (χ2n) is 7.69. The van der Waals surface area contributed by atoms with Gasteiger partial charge in [-0.15, -0.1) is 6.07 Å². The number of nitrogens with two attached hydrogens (primary N) is 1. The second-order valence-corrected chi connectivity index (χ2v) is 8.92. The Hall–Kier alpha value is -1.34. The molecule has 2 aromatic rings. The Bertz CT molecular complexity index is 900. The number of fused-ring (bicyclic) bond motifs is 1. The van der Waals surface area contributed by atoms with E-state index in [9.17, 15) is 8.42 Å². The van der Waals surface area contributed by atoms with E-state index in [1.165, 1.54) is 17.5 Å². The number of aryl methyl sites for hydroxylation is 1. The third-order valence-electron chi connectivity index (χ3n) is 5.82. The molecule has 2 aliphatic carbocycles. The maximum atomic E-state index is 10.5. The average Bonchev–Trinajstić information content (AvgIpc) is 3.39. The summed E-state index contributed by atoms with van der Waals surface area (Å²) in [5, 5.41) is 8.15. The molecule has 0 bridgehead atoms. The molecule has 9 heteroatoms. The van der Waals surface area contributed by atoms with Crippen LogP contribution in [-0.4, -0.2) is 25.0 Å². The van der Waals surface area contributed by atoms with Crippen LogP contribution in [0.2, 0.25) is 0 Å². The van der Waals surface area contributed by atoms with E-state index in [0.717, 1.165) is 25.1 Å². The summed E-state index contributed by atoms with van der Waals surface area (Å²) in [6.45, 7) is 12.4. The molecule has 3 N–H and O–H groups in total. The van der Waals surface area contributed by atoms with Crippen molar-refractivity contribution in [3.05, 3.63) is 60.4 Å². The van der Waals surface area contributed by atoms with Crippen molar-refractivity contribution in [1.82, 2.24) is 9.97 Å². The molecular weight excluding hydrogens is 620 g/mol. The Labute approximate surface area is 221 Å². The molecule has 7 nitrogen and oxygen atoms in total. The summed E-state index contributed by atoms with van der Waals surface area (Å²) in [7, 11) is -3.77. The van der Waals surface area contributed by atoms with Crippen molar-refractivity contribution in [2.45, 2.75) is 66.8 Å². The summed E-state index contributed by atoms with van der Waals surface area (Å²) in [5.41, 5.74) is 2.83. The van der Waals surface area contributed by atoms with Gasteiger partial charge in [-0.1, -0.05) is 77.9 Å². The molecule has 4 atom stereocenters. The van der Waals surface area contributed by atoms with Crippen molar-refractivity contribution in [3.63, 3.8) is 0 Å². The number of rotatable bonds is 5. The van der Waals surface area contributed by atoms with Crippen molar-refractivity contribution in [1.29, 1.82) is 0 Å². The van der Waals surface area contributed by atoms with Gasteiger partial charge in [0.1, 0.15) is 0 Å². The van der Waals surface area contributed by atoms with Gasteiger partial charge in [0.15, 0.2) is 0 Å². The van der Waals surface area contributed by atoms with Crippen molar-refractivity contribution in [2.24, 2.45) is 22.9 Å². The van der Waals surface area contributed by atoms with Crippen molar-refractivity contribution in [3.8, 4) is 0 Å². The molecule has 0 aliphatic heterocycles. The SMILES string of the molecule is CC.CC.CC1[CH-]CC(COS(N)(=O)=O)C1C.[W+2].[c-]1cc(NC2CCc3ccccc32)ncn1. The van der Waals surface area contributed by atoms with Gasteiger partial charge in [-0.05, 0) is 29.9 Å². The van der Waals surface area contributed by atoms with Crippen LogP contribution in [0.1, 0.15) is 71.6 Å². The molecule has 1 aromatic carbocycles. The molecule has 1 fully saturated rings. The molecule has 0 spiro atoms. The van der Waals surface area contributed by atoms with Gasteiger partial charge in [-0.3, -0.25) is 4.18 Å². The Morgan fingerprint density at radius 2 is 1.88 bits per heavy atom. The maximum Gasteiger partial charge on any atom is 2.00 e. The molecule has 190 valence electrons. The second kappa shape index (κ2) is 17.1. The molecule has 4 unspecified atom stereocenters. The minimum atomic E-state index is -3.77. The third-order valence-corrected chi connectivity index (χ3v) is 6.28. The zero-order valence-electron chi connectivity index (χ0n) is 21.2. The topological polar surface area (TPSA) is 107 Å². The summed E-state index contributed by atoms with van der Waals surface area (Å²) >= 11 is 0. The molecule has 0 amide bonds. The number of nitrogens with one attached hydrogen (secondary N) is 1. The number of aromatic nitrogens is 2. The first-order valence-corrected chi connectivity index (χ1v) is 13.3. The zero-order chi connectivity index (χ0) is 24.9. The molecule has 2 aliphatic rings.